The zero-order chi connectivity index (χ0) is 13.1. The van der Waals surface area contributed by atoms with Crippen LogP contribution < -0.4 is 11.1 Å². The number of benzene rings is 1. The molecule has 0 aliphatic heterocycles. The van der Waals surface area contributed by atoms with Gasteiger partial charge in [-0.2, -0.15) is 0 Å². The summed E-state index contributed by atoms with van der Waals surface area (Å²) in [4.78, 5) is 12.4. The molecule has 3 saturated carbocycles. The number of carbonyl (C=O) groups is 1. The Morgan fingerprint density at radius 2 is 1.95 bits per heavy atom. The second-order valence-electron chi connectivity index (χ2n) is 6.53. The number of rotatable bonds is 2. The Morgan fingerprint density at radius 3 is 2.58 bits per heavy atom. The highest BCUT2D eigenvalue weighted by atomic mass is 16.1. The smallest absolute Gasteiger partial charge is 0.253 e. The number of aryl methyl sites for hydroxylation is 1. The first-order valence-corrected chi connectivity index (χ1v) is 7.33. The molecule has 4 rings (SSSR count). The molecule has 19 heavy (non-hydrogen) atoms. The maximum atomic E-state index is 12.4. The lowest BCUT2D eigenvalue weighted by atomic mass is 10.0. The van der Waals surface area contributed by atoms with Crippen LogP contribution in [0.4, 0.5) is 5.69 Å². The molecule has 3 aliphatic carbocycles. The number of hydrogen-bond acceptors (Lipinski definition) is 2. The Hall–Kier alpha value is -1.51. The number of carbonyl (C=O) groups excluding carboxylic acids is 1. The summed E-state index contributed by atoms with van der Waals surface area (Å²) < 4.78 is 0. The van der Waals surface area contributed by atoms with Crippen molar-refractivity contribution < 1.29 is 4.79 Å². The molecule has 0 heterocycles. The lowest BCUT2D eigenvalue weighted by Gasteiger charge is -2.13. The lowest BCUT2D eigenvalue weighted by Crippen LogP contribution is -2.31. The highest BCUT2D eigenvalue weighted by Crippen LogP contribution is 2.65. The van der Waals surface area contributed by atoms with Gasteiger partial charge in [0.1, 0.15) is 0 Å². The summed E-state index contributed by atoms with van der Waals surface area (Å²) in [7, 11) is 0. The van der Waals surface area contributed by atoms with E-state index in [2.05, 4.69) is 5.32 Å². The predicted molar refractivity (Wildman–Crippen MR) is 74.7 cm³/mol. The summed E-state index contributed by atoms with van der Waals surface area (Å²) in [6, 6.07) is 6.08. The minimum atomic E-state index is 0.0226. The number of fused-ring (bicyclic) bond motifs is 5. The summed E-state index contributed by atoms with van der Waals surface area (Å²) in [5, 5.41) is 3.24. The average Bonchev–Trinajstić information content (AvgIpc) is 2.78. The third kappa shape index (κ3) is 1.54. The first kappa shape index (κ1) is 11.3. The highest BCUT2D eigenvalue weighted by molar-refractivity contribution is 6.00. The standard InChI is InChI=1S/C16H20N2O/c1-8-3-2-4-11(17)12(8)16(19)18-15-13-9-5-6-10(7-9)14(13)15/h2-4,9-10,13-15H,5-7,17H2,1H3,(H,18,19). The molecule has 0 aromatic heterocycles. The fourth-order valence-electron chi connectivity index (χ4n) is 4.74. The molecule has 3 aliphatic rings. The first-order chi connectivity index (χ1) is 9.16. The van der Waals surface area contributed by atoms with Gasteiger partial charge in [-0.25, -0.2) is 0 Å². The van der Waals surface area contributed by atoms with Crippen LogP contribution in [0.25, 0.3) is 0 Å². The molecule has 1 amide bonds. The molecule has 0 spiro atoms. The van der Waals surface area contributed by atoms with Gasteiger partial charge in [0.25, 0.3) is 5.91 Å². The minimum absolute atomic E-state index is 0.0226. The first-order valence-electron chi connectivity index (χ1n) is 7.33. The Morgan fingerprint density at radius 1 is 1.26 bits per heavy atom. The number of anilines is 1. The van der Waals surface area contributed by atoms with Gasteiger partial charge >= 0.3 is 0 Å². The largest absolute Gasteiger partial charge is 0.398 e. The normalized spacial score (nSPS) is 38.1. The summed E-state index contributed by atoms with van der Waals surface area (Å²) >= 11 is 0. The molecule has 4 unspecified atom stereocenters. The zero-order valence-electron chi connectivity index (χ0n) is 11.2. The maximum absolute atomic E-state index is 12.4. The molecule has 3 nitrogen and oxygen atoms in total. The van der Waals surface area contributed by atoms with Crippen LogP contribution in [0.1, 0.15) is 35.2 Å². The Bertz CT molecular complexity index is 517. The molecule has 1 aromatic rings. The number of amides is 1. The van der Waals surface area contributed by atoms with Gasteiger partial charge in [-0.15, -0.1) is 0 Å². The lowest BCUT2D eigenvalue weighted by molar-refractivity contribution is 0.0944. The molecule has 3 heteroatoms. The van der Waals surface area contributed by atoms with Crippen LogP contribution in [0, 0.1) is 30.6 Å². The van der Waals surface area contributed by atoms with Crippen molar-refractivity contribution in [2.45, 2.75) is 32.2 Å². The fraction of sp³-hybridized carbons (Fsp3) is 0.562. The third-order valence-electron chi connectivity index (χ3n) is 5.57. The maximum Gasteiger partial charge on any atom is 0.253 e. The Labute approximate surface area is 113 Å². The topological polar surface area (TPSA) is 55.1 Å². The average molecular weight is 256 g/mol. The van der Waals surface area contributed by atoms with Crippen LogP contribution in [0.3, 0.4) is 0 Å². The van der Waals surface area contributed by atoms with Crippen LogP contribution >= 0.6 is 0 Å². The summed E-state index contributed by atoms with van der Waals surface area (Å²) in [6.45, 7) is 1.95. The molecule has 2 bridgehead atoms. The highest BCUT2D eigenvalue weighted by Gasteiger charge is 2.65. The zero-order valence-corrected chi connectivity index (χ0v) is 11.2. The van der Waals surface area contributed by atoms with Crippen molar-refractivity contribution in [3.05, 3.63) is 29.3 Å². The van der Waals surface area contributed by atoms with Gasteiger partial charge in [0.2, 0.25) is 0 Å². The SMILES string of the molecule is Cc1cccc(N)c1C(=O)NC1C2C3CCC(C3)C12. The van der Waals surface area contributed by atoms with E-state index in [0.717, 1.165) is 29.2 Å². The van der Waals surface area contributed by atoms with E-state index in [1.807, 2.05) is 19.1 Å². The molecule has 100 valence electrons. The molecule has 3 N–H and O–H groups in total. The predicted octanol–water partition coefficient (Wildman–Crippen LogP) is 2.35. The monoisotopic (exact) mass is 256 g/mol. The van der Waals surface area contributed by atoms with Crippen molar-refractivity contribution in [3.8, 4) is 0 Å². The van der Waals surface area contributed by atoms with E-state index in [1.54, 1.807) is 6.07 Å². The van der Waals surface area contributed by atoms with Gasteiger partial charge < -0.3 is 11.1 Å². The summed E-state index contributed by atoms with van der Waals surface area (Å²) in [5.41, 5.74) is 8.16. The second-order valence-corrected chi connectivity index (χ2v) is 6.53. The summed E-state index contributed by atoms with van der Waals surface area (Å²) in [6.07, 6.45) is 4.17. The summed E-state index contributed by atoms with van der Waals surface area (Å²) in [5.74, 6) is 3.33. The molecular weight excluding hydrogens is 236 g/mol. The van der Waals surface area contributed by atoms with Crippen molar-refractivity contribution >= 4 is 11.6 Å². The molecule has 3 fully saturated rings. The van der Waals surface area contributed by atoms with E-state index in [9.17, 15) is 4.79 Å². The fourth-order valence-corrected chi connectivity index (χ4v) is 4.74. The molecule has 0 saturated heterocycles. The van der Waals surface area contributed by atoms with E-state index in [-0.39, 0.29) is 5.91 Å². The van der Waals surface area contributed by atoms with Crippen molar-refractivity contribution in [2.24, 2.45) is 23.7 Å². The van der Waals surface area contributed by atoms with Gasteiger partial charge in [0.15, 0.2) is 0 Å². The molecule has 1 aromatic carbocycles. The number of hydrogen-bond donors (Lipinski definition) is 2. The van der Waals surface area contributed by atoms with Crippen LogP contribution in [0.15, 0.2) is 18.2 Å². The van der Waals surface area contributed by atoms with Crippen LogP contribution in [-0.4, -0.2) is 11.9 Å². The Kier molecular flexibility index (Phi) is 2.23. The van der Waals surface area contributed by atoms with Crippen molar-refractivity contribution in [3.63, 3.8) is 0 Å². The Balaban J connectivity index is 1.51. The van der Waals surface area contributed by atoms with E-state index in [1.165, 1.54) is 19.3 Å². The van der Waals surface area contributed by atoms with Crippen molar-refractivity contribution in [1.29, 1.82) is 0 Å². The van der Waals surface area contributed by atoms with E-state index in [0.29, 0.717) is 17.3 Å². The van der Waals surface area contributed by atoms with Gasteiger partial charge in [-0.3, -0.25) is 4.79 Å². The minimum Gasteiger partial charge on any atom is -0.398 e. The number of nitrogens with two attached hydrogens (primary N) is 1. The van der Waals surface area contributed by atoms with E-state index >= 15 is 0 Å². The van der Waals surface area contributed by atoms with E-state index < -0.39 is 0 Å². The number of nitrogen functional groups attached to an aromatic ring is 1. The van der Waals surface area contributed by atoms with Gasteiger partial charge in [-0.1, -0.05) is 12.1 Å². The molecule has 4 atom stereocenters. The van der Waals surface area contributed by atoms with Crippen LogP contribution in [0.5, 0.6) is 0 Å². The second kappa shape index (κ2) is 3.75. The number of nitrogens with one attached hydrogen (secondary N) is 1. The molecular formula is C16H20N2O. The van der Waals surface area contributed by atoms with E-state index in [4.69, 9.17) is 5.73 Å². The van der Waals surface area contributed by atoms with Crippen molar-refractivity contribution in [1.82, 2.24) is 5.32 Å². The quantitative estimate of drug-likeness (QED) is 0.798. The third-order valence-corrected chi connectivity index (χ3v) is 5.57. The van der Waals surface area contributed by atoms with Gasteiger partial charge in [0.05, 0.1) is 5.56 Å². The molecule has 0 radical (unpaired) electrons. The van der Waals surface area contributed by atoms with Gasteiger partial charge in [0, 0.05) is 11.7 Å². The van der Waals surface area contributed by atoms with Gasteiger partial charge in [-0.05, 0) is 61.5 Å². The van der Waals surface area contributed by atoms with Crippen LogP contribution in [0.2, 0.25) is 0 Å². The van der Waals surface area contributed by atoms with Crippen molar-refractivity contribution in [2.75, 3.05) is 5.73 Å². The van der Waals surface area contributed by atoms with Crippen LogP contribution in [-0.2, 0) is 0 Å².